The fourth-order valence-corrected chi connectivity index (χ4v) is 3.04. The van der Waals surface area contributed by atoms with E-state index in [1.807, 2.05) is 24.3 Å². The molecule has 1 amide bonds. The van der Waals surface area contributed by atoms with Gasteiger partial charge in [0.2, 0.25) is 5.91 Å². The number of carboxylic acid groups (broad SMARTS) is 1. The number of hydrogen-bond donors (Lipinski definition) is 2. The summed E-state index contributed by atoms with van der Waals surface area (Å²) < 4.78 is 5.07. The van der Waals surface area contributed by atoms with Crippen molar-refractivity contribution in [2.24, 2.45) is 0 Å². The number of benzene rings is 1. The highest BCUT2D eigenvalue weighted by Gasteiger charge is 2.32. The van der Waals surface area contributed by atoms with Crippen molar-refractivity contribution in [3.63, 3.8) is 0 Å². The highest BCUT2D eigenvalue weighted by atomic mass is 32.2. The third-order valence-electron chi connectivity index (χ3n) is 2.95. The van der Waals surface area contributed by atoms with Gasteiger partial charge in [0.05, 0.1) is 12.4 Å². The van der Waals surface area contributed by atoms with Gasteiger partial charge in [-0.2, -0.15) is 0 Å². The van der Waals surface area contributed by atoms with Crippen molar-refractivity contribution < 1.29 is 19.4 Å². The monoisotopic (exact) mass is 281 g/mol. The molecule has 0 aromatic heterocycles. The van der Waals surface area contributed by atoms with Crippen LogP contribution in [0.2, 0.25) is 0 Å². The average molecular weight is 281 g/mol. The molecule has 0 radical (unpaired) electrons. The zero-order valence-electron chi connectivity index (χ0n) is 10.5. The third kappa shape index (κ3) is 3.41. The Labute approximate surface area is 115 Å². The second-order valence-electron chi connectivity index (χ2n) is 4.27. The van der Waals surface area contributed by atoms with Crippen LogP contribution in [-0.2, 0) is 16.0 Å². The number of nitrogens with one attached hydrogen (secondary N) is 1. The quantitative estimate of drug-likeness (QED) is 0.858. The normalized spacial score (nSPS) is 22.7. The molecule has 1 heterocycles. The molecule has 1 saturated heterocycles. The molecule has 2 N–H and O–H groups in total. The first kappa shape index (κ1) is 13.7. The van der Waals surface area contributed by atoms with E-state index in [2.05, 4.69) is 5.32 Å². The number of carbonyl (C=O) groups excluding carboxylic acids is 1. The van der Waals surface area contributed by atoms with Crippen LogP contribution in [0.15, 0.2) is 24.3 Å². The van der Waals surface area contributed by atoms with E-state index in [9.17, 15) is 9.59 Å². The van der Waals surface area contributed by atoms with Crippen molar-refractivity contribution in [3.8, 4) is 5.75 Å². The summed E-state index contributed by atoms with van der Waals surface area (Å²) in [6, 6.07) is 6.75. The van der Waals surface area contributed by atoms with E-state index >= 15 is 0 Å². The molecule has 19 heavy (non-hydrogen) atoms. The van der Waals surface area contributed by atoms with Gasteiger partial charge in [-0.05, 0) is 24.1 Å². The Balaban J connectivity index is 1.96. The number of aliphatic carboxylic acids is 1. The molecule has 0 spiro atoms. The molecule has 1 aromatic carbocycles. The van der Waals surface area contributed by atoms with Gasteiger partial charge in [0.25, 0.3) is 0 Å². The van der Waals surface area contributed by atoms with Gasteiger partial charge in [-0.3, -0.25) is 4.79 Å². The standard InChI is InChI=1S/C13H15NO4S/c1-18-9-4-2-8(3-5-9)6-11-12(15)14-10(7-19-11)13(16)17/h2-5,10-11H,6-7H2,1H3,(H,14,15)(H,16,17)/t10-,11-/m1/s1. The second-order valence-corrected chi connectivity index (χ2v) is 5.51. The number of ether oxygens (including phenoxy) is 1. The zero-order chi connectivity index (χ0) is 13.8. The number of carbonyl (C=O) groups is 2. The summed E-state index contributed by atoms with van der Waals surface area (Å²) in [6.45, 7) is 0. The topological polar surface area (TPSA) is 75.6 Å². The van der Waals surface area contributed by atoms with Crippen LogP contribution in [0.25, 0.3) is 0 Å². The van der Waals surface area contributed by atoms with Crippen molar-refractivity contribution in [1.29, 1.82) is 0 Å². The summed E-state index contributed by atoms with van der Waals surface area (Å²) in [5, 5.41) is 11.1. The first-order valence-corrected chi connectivity index (χ1v) is 6.92. The van der Waals surface area contributed by atoms with Crippen molar-refractivity contribution in [1.82, 2.24) is 5.32 Å². The Morgan fingerprint density at radius 2 is 2.16 bits per heavy atom. The van der Waals surface area contributed by atoms with Crippen molar-refractivity contribution in [2.75, 3.05) is 12.9 Å². The molecule has 6 heteroatoms. The summed E-state index contributed by atoms with van der Waals surface area (Å²) >= 11 is 1.39. The minimum atomic E-state index is -0.983. The molecule has 1 fully saturated rings. The van der Waals surface area contributed by atoms with E-state index in [0.717, 1.165) is 11.3 Å². The highest BCUT2D eigenvalue weighted by Crippen LogP contribution is 2.23. The number of hydrogen-bond acceptors (Lipinski definition) is 4. The summed E-state index contributed by atoms with van der Waals surface area (Å²) in [7, 11) is 1.60. The lowest BCUT2D eigenvalue weighted by Crippen LogP contribution is -2.51. The number of amides is 1. The maximum Gasteiger partial charge on any atom is 0.327 e. The Kier molecular flexibility index (Phi) is 4.31. The first-order valence-electron chi connectivity index (χ1n) is 5.88. The molecule has 5 nitrogen and oxygen atoms in total. The van der Waals surface area contributed by atoms with Gasteiger partial charge in [0.1, 0.15) is 11.8 Å². The molecule has 2 rings (SSSR count). The Hall–Kier alpha value is -1.69. The van der Waals surface area contributed by atoms with E-state index in [-0.39, 0.29) is 11.2 Å². The van der Waals surface area contributed by atoms with Gasteiger partial charge in [-0.25, -0.2) is 4.79 Å². The van der Waals surface area contributed by atoms with Crippen LogP contribution in [0, 0.1) is 0 Å². The molecule has 0 aliphatic carbocycles. The maximum absolute atomic E-state index is 11.8. The lowest BCUT2D eigenvalue weighted by atomic mass is 10.1. The number of methoxy groups -OCH3 is 1. The van der Waals surface area contributed by atoms with E-state index < -0.39 is 12.0 Å². The Bertz CT molecular complexity index is 474. The van der Waals surface area contributed by atoms with Crippen LogP contribution in [0.5, 0.6) is 5.75 Å². The van der Waals surface area contributed by atoms with Crippen LogP contribution in [0.4, 0.5) is 0 Å². The summed E-state index contributed by atoms with van der Waals surface area (Å²) in [5.74, 6) is -0.0133. The summed E-state index contributed by atoms with van der Waals surface area (Å²) in [6.07, 6.45) is 0.590. The van der Waals surface area contributed by atoms with E-state index in [0.29, 0.717) is 12.2 Å². The van der Waals surface area contributed by atoms with Crippen LogP contribution in [0.1, 0.15) is 5.56 Å². The van der Waals surface area contributed by atoms with Crippen LogP contribution in [-0.4, -0.2) is 41.1 Å². The molecule has 1 aromatic rings. The average Bonchev–Trinajstić information content (AvgIpc) is 2.41. The van der Waals surface area contributed by atoms with Crippen LogP contribution in [0.3, 0.4) is 0 Å². The minimum absolute atomic E-state index is 0.209. The molecule has 1 aliphatic heterocycles. The third-order valence-corrected chi connectivity index (χ3v) is 4.26. The Morgan fingerprint density at radius 1 is 1.47 bits per heavy atom. The maximum atomic E-state index is 11.8. The minimum Gasteiger partial charge on any atom is -0.497 e. The predicted octanol–water partition coefficient (Wildman–Crippen LogP) is 0.922. The molecule has 1 aliphatic rings. The lowest BCUT2D eigenvalue weighted by molar-refractivity contribution is -0.141. The van der Waals surface area contributed by atoms with Gasteiger partial charge in [-0.15, -0.1) is 11.8 Å². The summed E-state index contributed by atoms with van der Waals surface area (Å²) in [4.78, 5) is 22.6. The SMILES string of the molecule is COc1ccc(C[C@H]2SC[C@H](C(=O)O)NC2=O)cc1. The molecule has 2 atom stereocenters. The molecular formula is C13H15NO4S. The molecule has 0 unspecified atom stereocenters. The highest BCUT2D eigenvalue weighted by molar-refractivity contribution is 8.00. The number of rotatable bonds is 4. The fraction of sp³-hybridized carbons (Fsp3) is 0.385. The molecule has 0 bridgehead atoms. The van der Waals surface area contributed by atoms with Gasteiger partial charge in [0, 0.05) is 5.75 Å². The first-order chi connectivity index (χ1) is 9.10. The van der Waals surface area contributed by atoms with E-state index in [1.165, 1.54) is 11.8 Å². The van der Waals surface area contributed by atoms with E-state index in [1.54, 1.807) is 7.11 Å². The van der Waals surface area contributed by atoms with Gasteiger partial charge in [0.15, 0.2) is 0 Å². The molecule has 102 valence electrons. The Morgan fingerprint density at radius 3 is 2.68 bits per heavy atom. The van der Waals surface area contributed by atoms with Gasteiger partial charge < -0.3 is 15.2 Å². The van der Waals surface area contributed by atoms with Crippen LogP contribution < -0.4 is 10.1 Å². The lowest BCUT2D eigenvalue weighted by Gasteiger charge is -2.26. The summed E-state index contributed by atoms with van der Waals surface area (Å²) in [5.41, 5.74) is 1.03. The fourth-order valence-electron chi connectivity index (χ4n) is 1.85. The van der Waals surface area contributed by atoms with Gasteiger partial charge in [-0.1, -0.05) is 12.1 Å². The second kappa shape index (κ2) is 5.97. The van der Waals surface area contributed by atoms with E-state index in [4.69, 9.17) is 9.84 Å². The number of thioether (sulfide) groups is 1. The van der Waals surface area contributed by atoms with Crippen LogP contribution >= 0.6 is 11.8 Å². The molecular weight excluding hydrogens is 266 g/mol. The zero-order valence-corrected chi connectivity index (χ0v) is 11.3. The number of carboxylic acids is 1. The smallest absolute Gasteiger partial charge is 0.327 e. The molecule has 0 saturated carbocycles. The van der Waals surface area contributed by atoms with Crippen molar-refractivity contribution >= 4 is 23.6 Å². The largest absolute Gasteiger partial charge is 0.497 e. The predicted molar refractivity (Wildman–Crippen MR) is 72.5 cm³/mol. The van der Waals surface area contributed by atoms with Crippen molar-refractivity contribution in [2.45, 2.75) is 17.7 Å². The van der Waals surface area contributed by atoms with Crippen molar-refractivity contribution in [3.05, 3.63) is 29.8 Å². The van der Waals surface area contributed by atoms with Gasteiger partial charge >= 0.3 is 5.97 Å².